The van der Waals surface area contributed by atoms with Crippen molar-refractivity contribution in [3.8, 4) is 0 Å². The lowest BCUT2D eigenvalue weighted by Gasteiger charge is -2.73. The van der Waals surface area contributed by atoms with Gasteiger partial charge in [0.1, 0.15) is 52.5 Å². The van der Waals surface area contributed by atoms with Crippen LogP contribution in [0.25, 0.3) is 0 Å². The van der Waals surface area contributed by atoms with Crippen molar-refractivity contribution in [3.63, 3.8) is 0 Å². The van der Waals surface area contributed by atoms with E-state index in [1.165, 1.54) is 69.5 Å². The highest BCUT2D eigenvalue weighted by Crippen LogP contribution is 2.78. The monoisotopic (exact) mass is 1100 g/mol. The summed E-state index contributed by atoms with van der Waals surface area (Å²) in [7, 11) is -4.07. The number of rotatable bonds is 18. The Morgan fingerprint density at radius 2 is 0.925 bits per heavy atom. The molecule has 0 unspecified atom stereocenters. The SMILES string of the molecule is C=C(C)[C@@H]1CC[C@]2(COC(=O)CCC[P+](c3ccccc3)(c3ccccc3)c3ccccc3)CC[C@]3(C)[C@H](CC[C@@H]4[C@@]5(C)CC[C@H](OC(=O)CCC[P+](c6ccccc6)(c6ccccc6)c6ccccc6)C(C)(C)[C@@H]5CC[C@]43C)[C@@H]12. The summed E-state index contributed by atoms with van der Waals surface area (Å²) < 4.78 is 13.4. The van der Waals surface area contributed by atoms with Crippen LogP contribution in [0.3, 0.4) is 0 Å². The Morgan fingerprint density at radius 3 is 1.36 bits per heavy atom. The first-order valence-electron chi connectivity index (χ1n) is 30.7. The average Bonchev–Trinajstić information content (AvgIpc) is 3.96. The van der Waals surface area contributed by atoms with Crippen LogP contribution in [0.1, 0.15) is 131 Å². The van der Waals surface area contributed by atoms with E-state index in [9.17, 15) is 9.59 Å². The molecule has 5 aliphatic rings. The highest BCUT2D eigenvalue weighted by molar-refractivity contribution is 7.96. The number of carbonyl (C=O) groups is 2. The zero-order chi connectivity index (χ0) is 55.8. The lowest BCUT2D eigenvalue weighted by atomic mass is 9.32. The summed E-state index contributed by atoms with van der Waals surface area (Å²) in [6, 6.07) is 66.1. The van der Waals surface area contributed by atoms with Gasteiger partial charge in [-0.15, -0.1) is 0 Å². The van der Waals surface area contributed by atoms with Gasteiger partial charge < -0.3 is 9.47 Å². The number of ether oxygens (including phenoxy) is 2. The first kappa shape index (κ1) is 56.7. The molecule has 0 saturated heterocycles. The van der Waals surface area contributed by atoms with Gasteiger partial charge in [-0.2, -0.15) is 0 Å². The molecule has 6 heteroatoms. The number of benzene rings is 6. The maximum absolute atomic E-state index is 14.3. The average molecular weight is 1110 g/mol. The highest BCUT2D eigenvalue weighted by atomic mass is 31.2. The van der Waals surface area contributed by atoms with Crippen molar-refractivity contribution in [1.82, 2.24) is 0 Å². The van der Waals surface area contributed by atoms with E-state index in [1.807, 2.05) is 0 Å². The van der Waals surface area contributed by atoms with Gasteiger partial charge in [-0.1, -0.05) is 156 Å². The molecule has 0 heterocycles. The number of allylic oxidation sites excluding steroid dienone is 1. The molecule has 5 aliphatic carbocycles. The first-order chi connectivity index (χ1) is 38.6. The molecule has 0 aliphatic heterocycles. The number of hydrogen-bond donors (Lipinski definition) is 0. The second kappa shape index (κ2) is 22.9. The van der Waals surface area contributed by atoms with Crippen molar-refractivity contribution < 1.29 is 19.1 Å². The van der Waals surface area contributed by atoms with E-state index in [0.29, 0.717) is 49.0 Å². The number of carbonyl (C=O) groups excluding carboxylic acids is 2. The molecule has 10 atom stereocenters. The summed E-state index contributed by atoms with van der Waals surface area (Å²) in [5.41, 5.74) is 1.69. The summed E-state index contributed by atoms with van der Waals surface area (Å²) in [4.78, 5) is 28.5. The predicted octanol–water partition coefficient (Wildman–Crippen LogP) is 15.6. The largest absolute Gasteiger partial charge is 0.465 e. The van der Waals surface area contributed by atoms with Crippen LogP contribution in [-0.2, 0) is 19.1 Å². The zero-order valence-corrected chi connectivity index (χ0v) is 50.8. The van der Waals surface area contributed by atoms with Gasteiger partial charge in [0.25, 0.3) is 0 Å². The molecule has 0 aromatic heterocycles. The molecular formula is C74H90O4P2+2. The van der Waals surface area contributed by atoms with Crippen molar-refractivity contribution in [2.75, 3.05) is 18.9 Å². The van der Waals surface area contributed by atoms with E-state index in [4.69, 9.17) is 9.47 Å². The first-order valence-corrected chi connectivity index (χ1v) is 34.7. The molecule has 6 aromatic rings. The molecule has 0 amide bonds. The summed E-state index contributed by atoms with van der Waals surface area (Å²) in [5.74, 6) is 2.48. The van der Waals surface area contributed by atoms with Crippen LogP contribution < -0.4 is 31.8 Å². The number of fused-ring (bicyclic) bond motifs is 7. The van der Waals surface area contributed by atoms with Crippen LogP contribution in [0.4, 0.5) is 0 Å². The van der Waals surface area contributed by atoms with E-state index in [-0.39, 0.29) is 45.1 Å². The Balaban J connectivity index is 0.763. The van der Waals surface area contributed by atoms with Crippen molar-refractivity contribution in [3.05, 3.63) is 194 Å². The normalized spacial score (nSPS) is 29.7. The molecule has 6 aromatic carbocycles. The highest BCUT2D eigenvalue weighted by Gasteiger charge is 2.71. The van der Waals surface area contributed by atoms with Gasteiger partial charge in [0, 0.05) is 23.7 Å². The number of hydrogen-bond acceptors (Lipinski definition) is 4. The summed E-state index contributed by atoms with van der Waals surface area (Å²) in [5, 5.41) is 8.14. The Hall–Kier alpha value is -5.14. The van der Waals surface area contributed by atoms with Gasteiger partial charge in [0.2, 0.25) is 0 Å². The lowest BCUT2D eigenvalue weighted by molar-refractivity contribution is -0.252. The molecule has 0 spiro atoms. The Bertz CT molecular complexity index is 2880. The molecule has 0 radical (unpaired) electrons. The van der Waals surface area contributed by atoms with Gasteiger partial charge in [0.15, 0.2) is 0 Å². The predicted molar refractivity (Wildman–Crippen MR) is 338 cm³/mol. The fourth-order valence-corrected chi connectivity index (χ4v) is 27.6. The van der Waals surface area contributed by atoms with Gasteiger partial charge in [-0.05, 0) is 203 Å². The quantitative estimate of drug-likeness (QED) is 0.0489. The smallest absolute Gasteiger partial charge is 0.306 e. The maximum Gasteiger partial charge on any atom is 0.306 e. The van der Waals surface area contributed by atoms with Crippen molar-refractivity contribution >= 4 is 58.3 Å². The van der Waals surface area contributed by atoms with Gasteiger partial charge in [-0.25, -0.2) is 0 Å². The molecule has 11 rings (SSSR count). The molecular weight excluding hydrogens is 1010 g/mol. The van der Waals surface area contributed by atoms with E-state index in [1.54, 1.807) is 0 Å². The summed E-state index contributed by atoms with van der Waals surface area (Å²) in [6.07, 6.45) is 15.6. The molecule has 80 heavy (non-hydrogen) atoms. The van der Waals surface area contributed by atoms with Crippen LogP contribution in [0.15, 0.2) is 194 Å². The van der Waals surface area contributed by atoms with E-state index < -0.39 is 14.5 Å². The van der Waals surface area contributed by atoms with Gasteiger partial charge in [0.05, 0.1) is 18.9 Å². The minimum atomic E-state index is -2.04. The van der Waals surface area contributed by atoms with Crippen molar-refractivity contribution in [1.29, 1.82) is 0 Å². The fraction of sp³-hybridized carbons (Fsp3) is 0.459. The third-order valence-corrected chi connectivity index (χ3v) is 32.0. The molecule has 5 saturated carbocycles. The fourth-order valence-electron chi connectivity index (χ4n) is 18.9. The minimum absolute atomic E-state index is 0.0135. The lowest BCUT2D eigenvalue weighted by Crippen LogP contribution is -2.67. The van der Waals surface area contributed by atoms with E-state index in [2.05, 4.69) is 230 Å². The van der Waals surface area contributed by atoms with Crippen LogP contribution in [-0.4, -0.2) is 37.0 Å². The van der Waals surface area contributed by atoms with Crippen LogP contribution in [0, 0.1) is 56.7 Å². The van der Waals surface area contributed by atoms with Crippen LogP contribution in [0.5, 0.6) is 0 Å². The molecule has 4 nitrogen and oxygen atoms in total. The van der Waals surface area contributed by atoms with Crippen LogP contribution >= 0.6 is 14.5 Å². The standard InChI is InChI=1S/C74H90O4P2/c1-55(2)62-44-49-74(54-77-67(75)40-26-52-79(56-28-14-8-15-29-56,57-30-16-9-17-31-57)58-32-18-10-19-33-58)51-50-72(6)63(69(62)74)42-43-65-71(5)47-46-66(70(3,4)64(71)45-48-73(65,72)7)78-68(76)41-27-53-80(59-34-20-11-21-35-59,60-36-22-12-23-37-60)61-38-24-13-25-39-61/h8-25,28-39,62-66,69H,1,26-27,40-54H2,2-7H3/q+2/t62-,63+,64-,65+,66-,69+,71-,72+,73+,74+/m0/s1. The maximum atomic E-state index is 14.3. The second-order valence-electron chi connectivity index (χ2n) is 26.8. The van der Waals surface area contributed by atoms with E-state index in [0.717, 1.165) is 57.3 Å². The van der Waals surface area contributed by atoms with Crippen LogP contribution in [0.2, 0.25) is 0 Å². The van der Waals surface area contributed by atoms with E-state index >= 15 is 0 Å². The molecule has 0 bridgehead atoms. The Kier molecular flexibility index (Phi) is 16.2. The summed E-state index contributed by atoms with van der Waals surface area (Å²) >= 11 is 0. The second-order valence-corrected chi connectivity index (χ2v) is 34.1. The Labute approximate surface area is 482 Å². The van der Waals surface area contributed by atoms with Crippen molar-refractivity contribution in [2.45, 2.75) is 138 Å². The number of esters is 2. The molecule has 0 N–H and O–H groups in total. The summed E-state index contributed by atoms with van der Waals surface area (Å²) in [6.45, 7) is 20.5. The van der Waals surface area contributed by atoms with Gasteiger partial charge in [-0.3, -0.25) is 9.59 Å². The Morgan fingerprint density at radius 1 is 0.487 bits per heavy atom. The zero-order valence-electron chi connectivity index (χ0n) is 49.0. The minimum Gasteiger partial charge on any atom is -0.465 e. The topological polar surface area (TPSA) is 52.6 Å². The third kappa shape index (κ3) is 9.81. The van der Waals surface area contributed by atoms with Gasteiger partial charge >= 0.3 is 11.9 Å². The third-order valence-electron chi connectivity index (χ3n) is 22.9. The molecule has 418 valence electrons. The van der Waals surface area contributed by atoms with Crippen molar-refractivity contribution in [2.24, 2.45) is 56.7 Å². The molecule has 5 fully saturated rings.